The van der Waals surface area contributed by atoms with E-state index in [-0.39, 0.29) is 0 Å². The third kappa shape index (κ3) is 4.72. The van der Waals surface area contributed by atoms with Crippen molar-refractivity contribution in [2.75, 3.05) is 26.2 Å². The number of nitrogens with zero attached hydrogens (tertiary/aromatic N) is 1. The summed E-state index contributed by atoms with van der Waals surface area (Å²) in [5.74, 6) is 0. The van der Waals surface area contributed by atoms with Crippen LogP contribution >= 0.6 is 22.6 Å². The zero-order valence-electron chi connectivity index (χ0n) is 11.9. The molecule has 1 aliphatic heterocycles. The first-order valence-corrected chi connectivity index (χ1v) is 8.59. The molecule has 19 heavy (non-hydrogen) atoms. The predicted octanol–water partition coefficient (Wildman–Crippen LogP) is 3.82. The summed E-state index contributed by atoms with van der Waals surface area (Å²) in [5.41, 5.74) is 1.50. The quantitative estimate of drug-likeness (QED) is 0.603. The fraction of sp³-hybridized carbons (Fsp3) is 0.625. The lowest BCUT2D eigenvalue weighted by Gasteiger charge is -2.35. The van der Waals surface area contributed by atoms with Gasteiger partial charge in [0.05, 0.1) is 0 Å². The summed E-state index contributed by atoms with van der Waals surface area (Å²) in [6.45, 7) is 6.92. The van der Waals surface area contributed by atoms with E-state index in [4.69, 9.17) is 0 Å². The number of rotatable bonds is 6. The van der Waals surface area contributed by atoms with E-state index in [1.807, 2.05) is 0 Å². The monoisotopic (exact) mass is 372 g/mol. The van der Waals surface area contributed by atoms with E-state index in [2.05, 4.69) is 64.0 Å². The minimum Gasteiger partial charge on any atom is -0.314 e. The van der Waals surface area contributed by atoms with Gasteiger partial charge in [0.15, 0.2) is 0 Å². The second-order valence-electron chi connectivity index (χ2n) is 5.35. The lowest BCUT2D eigenvalue weighted by atomic mass is 9.98. The van der Waals surface area contributed by atoms with Gasteiger partial charge in [-0.05, 0) is 46.7 Å². The first-order valence-electron chi connectivity index (χ1n) is 7.51. The van der Waals surface area contributed by atoms with Crippen LogP contribution in [0.15, 0.2) is 24.3 Å². The van der Waals surface area contributed by atoms with Crippen LogP contribution in [-0.4, -0.2) is 31.1 Å². The van der Waals surface area contributed by atoms with Crippen molar-refractivity contribution in [3.05, 3.63) is 33.4 Å². The average molecular weight is 372 g/mol. The van der Waals surface area contributed by atoms with Crippen LogP contribution in [-0.2, 0) is 0 Å². The number of piperazine rings is 1. The lowest BCUT2D eigenvalue weighted by molar-refractivity contribution is 0.162. The summed E-state index contributed by atoms with van der Waals surface area (Å²) in [7, 11) is 0. The van der Waals surface area contributed by atoms with E-state index in [9.17, 15) is 0 Å². The molecule has 2 rings (SSSR count). The Labute approximate surface area is 131 Å². The third-order valence-corrected chi connectivity index (χ3v) is 4.65. The minimum absolute atomic E-state index is 0.616. The molecule has 0 aliphatic carbocycles. The maximum absolute atomic E-state index is 3.45. The zero-order chi connectivity index (χ0) is 13.5. The van der Waals surface area contributed by atoms with E-state index in [0.29, 0.717) is 6.04 Å². The Bertz CT molecular complexity index is 358. The largest absolute Gasteiger partial charge is 0.314 e. The van der Waals surface area contributed by atoms with E-state index in [1.165, 1.54) is 47.9 Å². The van der Waals surface area contributed by atoms with Crippen molar-refractivity contribution in [3.63, 3.8) is 0 Å². The highest BCUT2D eigenvalue weighted by Crippen LogP contribution is 2.27. The molecule has 1 aromatic carbocycles. The van der Waals surface area contributed by atoms with Gasteiger partial charge < -0.3 is 5.32 Å². The van der Waals surface area contributed by atoms with Gasteiger partial charge in [0, 0.05) is 35.8 Å². The maximum atomic E-state index is 3.45. The van der Waals surface area contributed by atoms with Crippen molar-refractivity contribution in [2.24, 2.45) is 0 Å². The van der Waals surface area contributed by atoms with Gasteiger partial charge in [0.1, 0.15) is 0 Å². The van der Waals surface area contributed by atoms with Crippen LogP contribution < -0.4 is 5.32 Å². The highest BCUT2D eigenvalue weighted by molar-refractivity contribution is 14.1. The van der Waals surface area contributed by atoms with Crippen molar-refractivity contribution < 1.29 is 0 Å². The van der Waals surface area contributed by atoms with Gasteiger partial charge in [-0.3, -0.25) is 4.90 Å². The molecular weight excluding hydrogens is 347 g/mol. The molecule has 1 fully saturated rings. The van der Waals surface area contributed by atoms with Crippen LogP contribution in [0, 0.1) is 3.57 Å². The summed E-state index contributed by atoms with van der Waals surface area (Å²) in [6, 6.07) is 9.74. The van der Waals surface area contributed by atoms with Gasteiger partial charge >= 0.3 is 0 Å². The molecule has 0 saturated carbocycles. The number of hydrogen-bond acceptors (Lipinski definition) is 2. The van der Waals surface area contributed by atoms with Crippen molar-refractivity contribution in [3.8, 4) is 0 Å². The Morgan fingerprint density at radius 3 is 2.47 bits per heavy atom. The minimum atomic E-state index is 0.616. The molecular formula is C16H25IN2. The summed E-state index contributed by atoms with van der Waals surface area (Å²) < 4.78 is 1.33. The van der Waals surface area contributed by atoms with Crippen molar-refractivity contribution in [2.45, 2.75) is 38.6 Å². The Morgan fingerprint density at radius 2 is 1.84 bits per heavy atom. The Morgan fingerprint density at radius 1 is 1.16 bits per heavy atom. The standard InChI is InChI=1S/C16H25IN2/c1-2-3-4-5-16(19-12-10-18-11-13-19)14-6-8-15(17)9-7-14/h6-9,16,18H,2-5,10-13H2,1H3/t16-/m0/s1. The Balaban J connectivity index is 2.05. The lowest BCUT2D eigenvalue weighted by Crippen LogP contribution is -2.45. The van der Waals surface area contributed by atoms with E-state index >= 15 is 0 Å². The predicted molar refractivity (Wildman–Crippen MR) is 90.5 cm³/mol. The van der Waals surface area contributed by atoms with Gasteiger partial charge in [0.25, 0.3) is 0 Å². The Hall–Kier alpha value is -0.130. The van der Waals surface area contributed by atoms with Crippen LogP contribution in [0.4, 0.5) is 0 Å². The Kier molecular flexibility index (Phi) is 6.61. The summed E-state index contributed by atoms with van der Waals surface area (Å²) in [6.07, 6.45) is 5.30. The maximum Gasteiger partial charge on any atom is 0.0349 e. The summed E-state index contributed by atoms with van der Waals surface area (Å²) in [4.78, 5) is 2.66. The first-order chi connectivity index (χ1) is 9.31. The molecule has 0 unspecified atom stereocenters. The number of hydrogen-bond donors (Lipinski definition) is 1. The fourth-order valence-electron chi connectivity index (χ4n) is 2.83. The van der Waals surface area contributed by atoms with Gasteiger partial charge in [-0.2, -0.15) is 0 Å². The number of benzene rings is 1. The first kappa shape index (κ1) is 15.3. The van der Waals surface area contributed by atoms with Gasteiger partial charge in [0.2, 0.25) is 0 Å². The van der Waals surface area contributed by atoms with Gasteiger partial charge in [-0.25, -0.2) is 0 Å². The molecule has 1 aliphatic rings. The molecule has 1 atom stereocenters. The van der Waals surface area contributed by atoms with E-state index < -0.39 is 0 Å². The second kappa shape index (κ2) is 8.22. The number of nitrogens with one attached hydrogen (secondary N) is 1. The molecule has 106 valence electrons. The topological polar surface area (TPSA) is 15.3 Å². The number of halogens is 1. The molecule has 0 spiro atoms. The molecule has 1 heterocycles. The van der Waals surface area contributed by atoms with Crippen LogP contribution in [0.2, 0.25) is 0 Å². The van der Waals surface area contributed by atoms with Gasteiger partial charge in [-0.1, -0.05) is 38.3 Å². The summed E-state index contributed by atoms with van der Waals surface area (Å²) in [5, 5.41) is 3.45. The molecule has 0 aromatic heterocycles. The molecule has 3 heteroatoms. The van der Waals surface area contributed by atoms with Crippen LogP contribution in [0.1, 0.15) is 44.2 Å². The summed E-state index contributed by atoms with van der Waals surface area (Å²) >= 11 is 2.39. The van der Waals surface area contributed by atoms with Crippen molar-refractivity contribution in [1.82, 2.24) is 10.2 Å². The smallest absolute Gasteiger partial charge is 0.0349 e. The highest BCUT2D eigenvalue weighted by Gasteiger charge is 2.21. The zero-order valence-corrected chi connectivity index (χ0v) is 14.0. The number of unbranched alkanes of at least 4 members (excludes halogenated alkanes) is 2. The average Bonchev–Trinajstić information content (AvgIpc) is 2.46. The molecule has 2 nitrogen and oxygen atoms in total. The third-order valence-electron chi connectivity index (χ3n) is 3.93. The SMILES string of the molecule is CCCCC[C@@H](c1ccc(I)cc1)N1CCNCC1. The molecule has 0 bridgehead atoms. The van der Waals surface area contributed by atoms with E-state index in [0.717, 1.165) is 13.1 Å². The van der Waals surface area contributed by atoms with Crippen molar-refractivity contribution >= 4 is 22.6 Å². The van der Waals surface area contributed by atoms with Crippen LogP contribution in [0.5, 0.6) is 0 Å². The van der Waals surface area contributed by atoms with E-state index in [1.54, 1.807) is 0 Å². The molecule has 1 saturated heterocycles. The fourth-order valence-corrected chi connectivity index (χ4v) is 3.19. The molecule has 1 N–H and O–H groups in total. The van der Waals surface area contributed by atoms with Crippen LogP contribution in [0.25, 0.3) is 0 Å². The second-order valence-corrected chi connectivity index (χ2v) is 6.59. The van der Waals surface area contributed by atoms with Crippen molar-refractivity contribution in [1.29, 1.82) is 0 Å². The van der Waals surface area contributed by atoms with Crippen LogP contribution in [0.3, 0.4) is 0 Å². The molecule has 1 aromatic rings. The normalized spacial score (nSPS) is 18.4. The highest BCUT2D eigenvalue weighted by atomic mass is 127. The van der Waals surface area contributed by atoms with Gasteiger partial charge in [-0.15, -0.1) is 0 Å². The molecule has 0 amide bonds. The molecule has 0 radical (unpaired) electrons.